The van der Waals surface area contributed by atoms with Gasteiger partial charge in [0, 0.05) is 13.2 Å². The molecule has 0 aliphatic carbocycles. The van der Waals surface area contributed by atoms with Crippen LogP contribution >= 0.6 is 0 Å². The third kappa shape index (κ3) is 5.74. The summed E-state index contributed by atoms with van der Waals surface area (Å²) >= 11 is 0. The third-order valence-electron chi connectivity index (χ3n) is 3.17. The molecule has 0 atom stereocenters. The molecule has 0 aliphatic rings. The molecule has 0 bridgehead atoms. The number of unbranched alkanes of at least 4 members (excludes halogenated alkanes) is 1. The minimum atomic E-state index is -3.57. The molecule has 0 spiro atoms. The Hall–Kier alpha value is -0.950. The number of aliphatic hydroxyl groups is 1. The molecule has 2 N–H and O–H groups in total. The van der Waals surface area contributed by atoms with Crippen LogP contribution in [0, 0.1) is 0 Å². The molecule has 1 aromatic carbocycles. The van der Waals surface area contributed by atoms with Gasteiger partial charge in [-0.15, -0.1) is 0 Å². The molecule has 5 nitrogen and oxygen atoms in total. The molecule has 21 heavy (non-hydrogen) atoms. The largest absolute Gasteiger partial charge is 0.392 e. The second-order valence-corrected chi connectivity index (χ2v) is 6.55. The summed E-state index contributed by atoms with van der Waals surface area (Å²) in [7, 11) is -3.57. The number of ether oxygens (including phenoxy) is 1. The molecule has 0 saturated heterocycles. The van der Waals surface area contributed by atoms with Gasteiger partial charge in [-0.25, -0.2) is 13.1 Å². The lowest BCUT2D eigenvalue weighted by molar-refractivity contribution is 0.136. The number of sulfonamides is 1. The van der Waals surface area contributed by atoms with Gasteiger partial charge < -0.3 is 9.84 Å². The number of rotatable bonds is 10. The van der Waals surface area contributed by atoms with Crippen LogP contribution in [0.1, 0.15) is 37.8 Å². The second-order valence-electron chi connectivity index (χ2n) is 4.82. The summed E-state index contributed by atoms with van der Waals surface area (Å²) in [6.45, 7) is 5.07. The Morgan fingerprint density at radius 1 is 1.24 bits per heavy atom. The van der Waals surface area contributed by atoms with Crippen LogP contribution in [0.5, 0.6) is 0 Å². The smallest absolute Gasteiger partial charge is 0.240 e. The van der Waals surface area contributed by atoms with Crippen LogP contribution in [-0.2, 0) is 27.8 Å². The van der Waals surface area contributed by atoms with Crippen LogP contribution in [0.25, 0.3) is 0 Å². The van der Waals surface area contributed by atoms with E-state index in [0.717, 1.165) is 18.4 Å². The van der Waals surface area contributed by atoms with Crippen LogP contribution in [0.4, 0.5) is 0 Å². The predicted molar refractivity (Wildman–Crippen MR) is 82.7 cm³/mol. The predicted octanol–water partition coefficient (Wildman–Crippen LogP) is 1.84. The molecule has 120 valence electrons. The van der Waals surface area contributed by atoms with Gasteiger partial charge in [0.2, 0.25) is 10.0 Å². The molecule has 0 heterocycles. The van der Waals surface area contributed by atoms with Crippen molar-refractivity contribution in [3.8, 4) is 0 Å². The first-order valence-electron chi connectivity index (χ1n) is 7.35. The maximum atomic E-state index is 12.3. The highest BCUT2D eigenvalue weighted by atomic mass is 32.2. The zero-order chi connectivity index (χ0) is 15.7. The van der Waals surface area contributed by atoms with E-state index >= 15 is 0 Å². The highest BCUT2D eigenvalue weighted by molar-refractivity contribution is 7.89. The Kier molecular flexibility index (Phi) is 7.88. The first-order valence-corrected chi connectivity index (χ1v) is 8.83. The highest BCUT2D eigenvalue weighted by Crippen LogP contribution is 2.18. The van der Waals surface area contributed by atoms with E-state index in [1.54, 1.807) is 12.1 Å². The van der Waals surface area contributed by atoms with E-state index in [1.807, 2.05) is 6.92 Å². The molecule has 0 aromatic heterocycles. The van der Waals surface area contributed by atoms with E-state index in [-0.39, 0.29) is 18.0 Å². The lowest BCUT2D eigenvalue weighted by Crippen LogP contribution is -2.28. The SMILES string of the molecule is CCCCOCCNS(=O)(=O)c1cc(CO)ccc1CC. The summed E-state index contributed by atoms with van der Waals surface area (Å²) in [4.78, 5) is 0.241. The van der Waals surface area contributed by atoms with Gasteiger partial charge in [0.25, 0.3) is 0 Å². The topological polar surface area (TPSA) is 75.6 Å². The van der Waals surface area contributed by atoms with E-state index in [2.05, 4.69) is 11.6 Å². The Morgan fingerprint density at radius 3 is 2.62 bits per heavy atom. The van der Waals surface area contributed by atoms with Crippen molar-refractivity contribution >= 4 is 10.0 Å². The summed E-state index contributed by atoms with van der Waals surface area (Å²) < 4.78 is 32.5. The van der Waals surface area contributed by atoms with Gasteiger partial charge in [-0.3, -0.25) is 0 Å². The van der Waals surface area contributed by atoms with Crippen molar-refractivity contribution in [1.29, 1.82) is 0 Å². The number of nitrogens with one attached hydrogen (secondary N) is 1. The molecule has 1 rings (SSSR count). The zero-order valence-electron chi connectivity index (χ0n) is 12.8. The zero-order valence-corrected chi connectivity index (χ0v) is 13.6. The number of hydrogen-bond donors (Lipinski definition) is 2. The molecule has 0 saturated carbocycles. The summed E-state index contributed by atoms with van der Waals surface area (Å²) in [6.07, 6.45) is 2.65. The molecular weight excluding hydrogens is 290 g/mol. The van der Waals surface area contributed by atoms with E-state index in [1.165, 1.54) is 6.07 Å². The van der Waals surface area contributed by atoms with Crippen LogP contribution in [0.2, 0.25) is 0 Å². The molecule has 1 aromatic rings. The molecule has 0 amide bonds. The Labute approximate surface area is 127 Å². The van der Waals surface area contributed by atoms with Crippen molar-refractivity contribution in [3.05, 3.63) is 29.3 Å². The molecular formula is C15H25NO4S. The minimum Gasteiger partial charge on any atom is -0.392 e. The highest BCUT2D eigenvalue weighted by Gasteiger charge is 2.17. The first kappa shape index (κ1) is 18.1. The van der Waals surface area contributed by atoms with Gasteiger partial charge in [0.15, 0.2) is 0 Å². The lowest BCUT2D eigenvalue weighted by Gasteiger charge is -2.12. The minimum absolute atomic E-state index is 0.174. The normalized spacial score (nSPS) is 11.8. The fraction of sp³-hybridized carbons (Fsp3) is 0.600. The lowest BCUT2D eigenvalue weighted by atomic mass is 10.1. The summed E-state index contributed by atoms with van der Waals surface area (Å²) in [5, 5.41) is 9.15. The molecule has 0 aliphatic heterocycles. The van der Waals surface area contributed by atoms with Crippen molar-refractivity contribution in [1.82, 2.24) is 4.72 Å². The summed E-state index contributed by atoms with van der Waals surface area (Å²) in [6, 6.07) is 5.02. The van der Waals surface area contributed by atoms with Crippen molar-refractivity contribution < 1.29 is 18.3 Å². The molecule has 0 unspecified atom stereocenters. The number of benzene rings is 1. The summed E-state index contributed by atoms with van der Waals surface area (Å²) in [5.41, 5.74) is 1.33. The van der Waals surface area contributed by atoms with Gasteiger partial charge in [0.1, 0.15) is 0 Å². The first-order chi connectivity index (χ1) is 10.0. The Bertz CT molecular complexity index is 528. The van der Waals surface area contributed by atoms with Crippen molar-refractivity contribution in [2.24, 2.45) is 0 Å². The number of hydrogen-bond acceptors (Lipinski definition) is 4. The Balaban J connectivity index is 2.69. The third-order valence-corrected chi connectivity index (χ3v) is 4.71. The van der Waals surface area contributed by atoms with Crippen LogP contribution < -0.4 is 4.72 Å². The fourth-order valence-corrected chi connectivity index (χ4v) is 3.29. The van der Waals surface area contributed by atoms with Gasteiger partial charge in [-0.05, 0) is 30.0 Å². The average molecular weight is 315 g/mol. The Morgan fingerprint density at radius 2 is 2.00 bits per heavy atom. The maximum absolute atomic E-state index is 12.3. The second kappa shape index (κ2) is 9.15. The van der Waals surface area contributed by atoms with E-state index in [9.17, 15) is 8.42 Å². The summed E-state index contributed by atoms with van der Waals surface area (Å²) in [5.74, 6) is 0. The van der Waals surface area contributed by atoms with Crippen LogP contribution in [-0.4, -0.2) is 33.3 Å². The van der Waals surface area contributed by atoms with Crippen molar-refractivity contribution in [2.45, 2.75) is 44.6 Å². The maximum Gasteiger partial charge on any atom is 0.240 e. The van der Waals surface area contributed by atoms with E-state index < -0.39 is 10.0 Å². The van der Waals surface area contributed by atoms with Gasteiger partial charge in [-0.2, -0.15) is 0 Å². The fourth-order valence-electron chi connectivity index (χ4n) is 1.91. The van der Waals surface area contributed by atoms with Crippen LogP contribution in [0.15, 0.2) is 23.1 Å². The molecule has 0 fully saturated rings. The average Bonchev–Trinajstić information content (AvgIpc) is 2.50. The molecule has 0 radical (unpaired) electrons. The monoisotopic (exact) mass is 315 g/mol. The van der Waals surface area contributed by atoms with E-state index in [0.29, 0.717) is 25.2 Å². The number of aryl methyl sites for hydroxylation is 1. The van der Waals surface area contributed by atoms with Gasteiger partial charge >= 0.3 is 0 Å². The molecule has 6 heteroatoms. The quantitative estimate of drug-likeness (QED) is 0.646. The number of aliphatic hydroxyl groups excluding tert-OH is 1. The van der Waals surface area contributed by atoms with Crippen molar-refractivity contribution in [2.75, 3.05) is 19.8 Å². The standard InChI is InChI=1S/C15H25NO4S/c1-3-5-9-20-10-8-16-21(18,19)15-11-13(12-17)6-7-14(15)4-2/h6-7,11,16-17H,3-5,8-10,12H2,1-2H3. The van der Waals surface area contributed by atoms with Gasteiger partial charge in [-0.1, -0.05) is 32.4 Å². The van der Waals surface area contributed by atoms with E-state index in [4.69, 9.17) is 9.84 Å². The van der Waals surface area contributed by atoms with Crippen molar-refractivity contribution in [3.63, 3.8) is 0 Å². The van der Waals surface area contributed by atoms with Crippen LogP contribution in [0.3, 0.4) is 0 Å². The van der Waals surface area contributed by atoms with Gasteiger partial charge in [0.05, 0.1) is 18.1 Å².